The minimum atomic E-state index is -0.486. The number of amides is 3. The maximum atomic E-state index is 12.4. The Morgan fingerprint density at radius 3 is 1.64 bits per heavy atom. The van der Waals surface area contributed by atoms with Gasteiger partial charge in [0.2, 0.25) is 17.7 Å². The minimum absolute atomic E-state index is 0.0446. The van der Waals surface area contributed by atoms with Gasteiger partial charge in [0, 0.05) is 88.5 Å². The topological polar surface area (TPSA) is 240 Å². The van der Waals surface area contributed by atoms with Gasteiger partial charge in [-0.1, -0.05) is 12.8 Å². The van der Waals surface area contributed by atoms with Crippen LogP contribution >= 0.6 is 0 Å². The highest BCUT2D eigenvalue weighted by Gasteiger charge is 2.13. The Morgan fingerprint density at radius 2 is 1.15 bits per heavy atom. The average Bonchev–Trinajstić information content (AvgIpc) is 3.27. The van der Waals surface area contributed by atoms with Crippen molar-refractivity contribution in [2.45, 2.75) is 58.3 Å². The van der Waals surface area contributed by atoms with Crippen LogP contribution in [0, 0.1) is 10.1 Å². The van der Waals surface area contributed by atoms with Crippen LogP contribution in [0.3, 0.4) is 0 Å². The van der Waals surface area contributed by atoms with Gasteiger partial charge in [-0.05, 0) is 62.6 Å². The molecule has 0 aliphatic heterocycles. The molecule has 0 fully saturated rings. The van der Waals surface area contributed by atoms with Crippen LogP contribution in [0.15, 0.2) is 81.1 Å². The summed E-state index contributed by atoms with van der Waals surface area (Å²) in [5.74, 6) is 0.362. The third kappa shape index (κ3) is 19.7. The maximum absolute atomic E-state index is 12.4. The number of azo groups is 2. The highest BCUT2D eigenvalue weighted by atomic mass is 16.6. The summed E-state index contributed by atoms with van der Waals surface area (Å²) in [4.78, 5) is 48.8. The lowest BCUT2D eigenvalue weighted by molar-refractivity contribution is -0.384. The fraction of sp³-hybridized carbons (Fsp3) is 0.500. The van der Waals surface area contributed by atoms with E-state index >= 15 is 0 Å². The number of ether oxygens (including phenoxy) is 4. The van der Waals surface area contributed by atoms with Crippen molar-refractivity contribution in [1.82, 2.24) is 16.0 Å². The third-order valence-electron chi connectivity index (χ3n) is 9.01. The number of carbonyl (C=O) groups excluding carboxylic acids is 3. The Labute approximate surface area is 356 Å². The van der Waals surface area contributed by atoms with Crippen molar-refractivity contribution in [1.29, 1.82) is 0 Å². The largest absolute Gasteiger partial charge is 0.494 e. The number of nitro benzene ring substituents is 1. The normalized spacial score (nSPS) is 11.1. The lowest BCUT2D eigenvalue weighted by Crippen LogP contribution is -2.30. The summed E-state index contributed by atoms with van der Waals surface area (Å²) in [5, 5.41) is 45.2. The Balaban J connectivity index is 1.29. The van der Waals surface area contributed by atoms with Gasteiger partial charge >= 0.3 is 0 Å². The molecule has 61 heavy (non-hydrogen) atoms. The van der Waals surface area contributed by atoms with Crippen molar-refractivity contribution in [3.63, 3.8) is 0 Å². The van der Waals surface area contributed by atoms with E-state index in [2.05, 4.69) is 48.2 Å². The van der Waals surface area contributed by atoms with E-state index in [0.717, 1.165) is 37.9 Å². The smallest absolute Gasteiger partial charge is 0.269 e. The van der Waals surface area contributed by atoms with Gasteiger partial charge in [0.05, 0.1) is 56.9 Å². The maximum Gasteiger partial charge on any atom is 0.269 e. The lowest BCUT2D eigenvalue weighted by Gasteiger charge is -2.23. The molecule has 3 aromatic carbocycles. The van der Waals surface area contributed by atoms with E-state index < -0.39 is 4.92 Å². The molecule has 0 bridgehead atoms. The monoisotopic (exact) mass is 849 g/mol. The van der Waals surface area contributed by atoms with Crippen molar-refractivity contribution in [3.05, 3.63) is 70.8 Å². The molecule has 0 saturated heterocycles. The molecular weight excluding hydrogens is 791 g/mol. The molecule has 19 nitrogen and oxygen atoms in total. The van der Waals surface area contributed by atoms with Gasteiger partial charge in [-0.3, -0.25) is 24.5 Å². The van der Waals surface area contributed by atoms with Crippen LogP contribution in [0.4, 0.5) is 34.1 Å². The van der Waals surface area contributed by atoms with Crippen LogP contribution < -0.4 is 30.3 Å². The number of aliphatic hydroxyl groups excluding tert-OH is 1. The number of non-ortho nitro benzene ring substituents is 1. The highest BCUT2D eigenvalue weighted by molar-refractivity contribution is 5.83. The summed E-state index contributed by atoms with van der Waals surface area (Å²) in [7, 11) is 2.99. The molecule has 0 aromatic heterocycles. The van der Waals surface area contributed by atoms with Crippen molar-refractivity contribution in [2.75, 3.05) is 84.9 Å². The van der Waals surface area contributed by atoms with Gasteiger partial charge in [-0.25, -0.2) is 0 Å². The zero-order valence-electron chi connectivity index (χ0n) is 35.3. The lowest BCUT2D eigenvalue weighted by atomic mass is 10.2. The SMILES string of the molecule is CCN(CCCC(=O)NCCOCCOCCNC(=O)CCC(=O)NCCCCCCO)c1ccc(N=Nc2cc(OC)c(N=Nc3ccc([N+](=O)[O-])cc3)cc2OC)cc1. The number of benzene rings is 3. The number of nitrogens with one attached hydrogen (secondary N) is 3. The van der Waals surface area contributed by atoms with E-state index in [9.17, 15) is 24.5 Å². The van der Waals surface area contributed by atoms with Gasteiger partial charge in [-0.2, -0.15) is 10.2 Å². The van der Waals surface area contributed by atoms with Gasteiger partial charge < -0.3 is 44.9 Å². The quantitative estimate of drug-likeness (QED) is 0.0228. The standard InChI is InChI=1S/C42H59N9O10/c1-4-50(24-9-10-40(53)44-22-26-60-28-29-61-27-23-45-42(55)20-19-41(54)43-21-7-5-6-8-25-52)34-15-11-32(12-16-34)46-48-36-30-39(59-3)37(31-38(36)58-2)49-47-33-13-17-35(18-14-33)51(56)57/h11-18,30-31,52H,4-10,19-29H2,1-3H3,(H,43,54)(H,44,53)(H,45,55). The van der Waals surface area contributed by atoms with Gasteiger partial charge in [0.25, 0.3) is 5.69 Å². The number of rotatable bonds is 31. The van der Waals surface area contributed by atoms with E-state index in [4.69, 9.17) is 24.1 Å². The van der Waals surface area contributed by atoms with E-state index in [1.165, 1.54) is 38.5 Å². The first-order valence-electron chi connectivity index (χ1n) is 20.4. The van der Waals surface area contributed by atoms with Crippen LogP contribution in [0.5, 0.6) is 11.5 Å². The molecule has 3 rings (SSSR count). The predicted octanol–water partition coefficient (Wildman–Crippen LogP) is 6.76. The van der Waals surface area contributed by atoms with E-state index in [1.54, 1.807) is 12.1 Å². The van der Waals surface area contributed by atoms with Crippen molar-refractivity contribution >= 4 is 51.8 Å². The summed E-state index contributed by atoms with van der Waals surface area (Å²) in [5.41, 5.74) is 2.77. The molecule has 0 unspecified atom stereocenters. The highest BCUT2D eigenvalue weighted by Crippen LogP contribution is 2.41. The summed E-state index contributed by atoms with van der Waals surface area (Å²) in [6.07, 6.45) is 4.80. The fourth-order valence-electron chi connectivity index (χ4n) is 5.67. The Bertz CT molecular complexity index is 1840. The molecule has 3 aromatic rings. The Morgan fingerprint density at radius 1 is 0.656 bits per heavy atom. The van der Waals surface area contributed by atoms with Crippen LogP contribution in [-0.2, 0) is 23.9 Å². The number of aliphatic hydroxyl groups is 1. The molecule has 4 N–H and O–H groups in total. The van der Waals surface area contributed by atoms with Gasteiger partial charge in [-0.15, -0.1) is 10.2 Å². The number of anilines is 1. The molecule has 0 atom stereocenters. The first-order chi connectivity index (χ1) is 29.7. The van der Waals surface area contributed by atoms with Gasteiger partial charge in [0.1, 0.15) is 22.9 Å². The Kier molecular flexibility index (Phi) is 23.6. The number of nitro groups is 1. The van der Waals surface area contributed by atoms with Crippen molar-refractivity contribution in [3.8, 4) is 11.5 Å². The number of nitrogens with zero attached hydrogens (tertiary/aromatic N) is 6. The van der Waals surface area contributed by atoms with Crippen LogP contribution in [0.25, 0.3) is 0 Å². The zero-order valence-corrected chi connectivity index (χ0v) is 35.3. The average molecular weight is 850 g/mol. The van der Waals surface area contributed by atoms with Crippen LogP contribution in [-0.4, -0.2) is 108 Å². The molecule has 0 aliphatic carbocycles. The van der Waals surface area contributed by atoms with Gasteiger partial charge in [0.15, 0.2) is 0 Å². The summed E-state index contributed by atoms with van der Waals surface area (Å²) >= 11 is 0. The summed E-state index contributed by atoms with van der Waals surface area (Å²) in [6.45, 7) is 6.36. The second kappa shape index (κ2) is 29.2. The van der Waals surface area contributed by atoms with E-state index in [-0.39, 0.29) is 42.9 Å². The third-order valence-corrected chi connectivity index (χ3v) is 9.01. The van der Waals surface area contributed by atoms with Crippen LogP contribution in [0.1, 0.15) is 58.3 Å². The number of hydrogen-bond acceptors (Lipinski definition) is 15. The van der Waals surface area contributed by atoms with E-state index in [0.29, 0.717) is 99.7 Å². The molecule has 0 heterocycles. The molecule has 0 saturated carbocycles. The second-order valence-corrected chi connectivity index (χ2v) is 13.5. The first kappa shape index (κ1) is 49.3. The summed E-state index contributed by atoms with van der Waals surface area (Å²) < 4.78 is 22.0. The first-order valence-corrected chi connectivity index (χ1v) is 20.4. The number of unbranched alkanes of at least 4 members (excludes halogenated alkanes) is 3. The molecule has 3 amide bonds. The molecular formula is C42H59N9O10. The fourth-order valence-corrected chi connectivity index (χ4v) is 5.67. The van der Waals surface area contributed by atoms with Crippen molar-refractivity contribution in [2.24, 2.45) is 20.5 Å². The molecule has 19 heteroatoms. The number of carbonyl (C=O) groups is 3. The molecule has 0 spiro atoms. The van der Waals surface area contributed by atoms with Crippen LogP contribution in [0.2, 0.25) is 0 Å². The predicted molar refractivity (Wildman–Crippen MR) is 230 cm³/mol. The summed E-state index contributed by atoms with van der Waals surface area (Å²) in [6, 6.07) is 16.5. The zero-order chi connectivity index (χ0) is 44.1. The number of hydrogen-bond donors (Lipinski definition) is 4. The minimum Gasteiger partial charge on any atom is -0.494 e. The van der Waals surface area contributed by atoms with E-state index in [1.807, 2.05) is 24.3 Å². The number of methoxy groups -OCH3 is 2. The molecule has 0 aliphatic rings. The Hall–Kier alpha value is -6.05. The second-order valence-electron chi connectivity index (χ2n) is 13.5. The van der Waals surface area contributed by atoms with Crippen molar-refractivity contribution < 1.29 is 43.4 Å². The molecule has 332 valence electrons. The molecule has 0 radical (unpaired) electrons.